The number of hydrogen-bond acceptors (Lipinski definition) is 6. The predicted molar refractivity (Wildman–Crippen MR) is 122 cm³/mol. The number of methoxy groups -OCH3 is 1. The van der Waals surface area contributed by atoms with Crippen LogP contribution in [0.25, 0.3) is 5.78 Å². The van der Waals surface area contributed by atoms with E-state index >= 15 is 0 Å². The summed E-state index contributed by atoms with van der Waals surface area (Å²) in [6.07, 6.45) is -4.21. The molecular formula is C23H22F3N5O2S. The summed E-state index contributed by atoms with van der Waals surface area (Å²) >= 11 is 1.56. The average molecular weight is 490 g/mol. The molecule has 0 aliphatic carbocycles. The molecule has 0 unspecified atom stereocenters. The summed E-state index contributed by atoms with van der Waals surface area (Å²) in [7, 11) is 1.58. The van der Waals surface area contributed by atoms with Gasteiger partial charge < -0.3 is 9.64 Å². The van der Waals surface area contributed by atoms with E-state index in [4.69, 9.17) is 4.74 Å². The summed E-state index contributed by atoms with van der Waals surface area (Å²) in [6.45, 7) is 3.76. The summed E-state index contributed by atoms with van der Waals surface area (Å²) < 4.78 is 45.4. The Labute approximate surface area is 197 Å². The minimum atomic E-state index is -4.66. The molecule has 3 aromatic heterocycles. The van der Waals surface area contributed by atoms with E-state index in [-0.39, 0.29) is 18.1 Å². The van der Waals surface area contributed by atoms with E-state index in [1.54, 1.807) is 49.3 Å². The minimum Gasteiger partial charge on any atom is -0.497 e. The van der Waals surface area contributed by atoms with Crippen molar-refractivity contribution in [3.05, 3.63) is 69.4 Å². The predicted octanol–water partition coefficient (Wildman–Crippen LogP) is 5.00. The third-order valence-electron chi connectivity index (χ3n) is 5.47. The number of carbonyl (C=O) groups excluding carboxylic acids is 1. The number of fused-ring (bicyclic) bond motifs is 1. The number of ether oxygens (including phenoxy) is 1. The van der Waals surface area contributed by atoms with Gasteiger partial charge in [-0.25, -0.2) is 9.50 Å². The molecule has 11 heteroatoms. The number of hydrogen-bond donors (Lipinski definition) is 0. The number of alkyl halides is 3. The molecule has 0 atom stereocenters. The SMILES string of the molecule is COc1ccc(N(Cc2cccs2)C(=O)CCc2c(C)nc3nc(C(F)(F)F)nn3c2C)cc1. The number of aryl methyl sites for hydroxylation is 2. The third kappa shape index (κ3) is 4.89. The summed E-state index contributed by atoms with van der Waals surface area (Å²) in [5, 5.41) is 5.52. The Kier molecular flexibility index (Phi) is 6.56. The molecule has 7 nitrogen and oxygen atoms in total. The number of aromatic nitrogens is 4. The van der Waals surface area contributed by atoms with Crippen molar-refractivity contribution >= 4 is 28.7 Å². The van der Waals surface area contributed by atoms with Gasteiger partial charge in [-0.2, -0.15) is 18.2 Å². The molecule has 1 aromatic carbocycles. The van der Waals surface area contributed by atoms with Crippen molar-refractivity contribution < 1.29 is 22.7 Å². The minimum absolute atomic E-state index is 0.116. The molecule has 3 heterocycles. The first-order valence-corrected chi connectivity index (χ1v) is 11.3. The molecule has 0 radical (unpaired) electrons. The monoisotopic (exact) mass is 489 g/mol. The molecule has 0 bridgehead atoms. The van der Waals surface area contributed by atoms with Crippen LogP contribution >= 0.6 is 11.3 Å². The van der Waals surface area contributed by atoms with E-state index in [1.807, 2.05) is 29.6 Å². The van der Waals surface area contributed by atoms with Gasteiger partial charge >= 0.3 is 6.18 Å². The zero-order valence-electron chi connectivity index (χ0n) is 18.8. The maximum absolute atomic E-state index is 13.3. The quantitative estimate of drug-likeness (QED) is 0.366. The molecule has 178 valence electrons. The van der Waals surface area contributed by atoms with E-state index < -0.39 is 12.0 Å². The van der Waals surface area contributed by atoms with Crippen molar-refractivity contribution in [1.82, 2.24) is 19.6 Å². The number of halogens is 3. The number of carbonyl (C=O) groups is 1. The topological polar surface area (TPSA) is 72.6 Å². The highest BCUT2D eigenvalue weighted by Crippen LogP contribution is 2.28. The molecule has 0 aliphatic rings. The van der Waals surface area contributed by atoms with E-state index in [0.29, 0.717) is 35.7 Å². The van der Waals surface area contributed by atoms with Gasteiger partial charge in [-0.3, -0.25) is 4.79 Å². The van der Waals surface area contributed by atoms with E-state index in [2.05, 4.69) is 15.1 Å². The van der Waals surface area contributed by atoms with Crippen LogP contribution in [0.15, 0.2) is 41.8 Å². The van der Waals surface area contributed by atoms with Gasteiger partial charge in [-0.05, 0) is 61.5 Å². The van der Waals surface area contributed by atoms with Crippen LogP contribution in [0.4, 0.5) is 18.9 Å². The van der Waals surface area contributed by atoms with Gasteiger partial charge in [0.05, 0.1) is 13.7 Å². The number of anilines is 1. The number of thiophene rings is 1. The fraction of sp³-hybridized carbons (Fsp3) is 0.304. The van der Waals surface area contributed by atoms with Crippen molar-refractivity contribution in [2.45, 2.75) is 39.4 Å². The van der Waals surface area contributed by atoms with Crippen molar-refractivity contribution in [2.24, 2.45) is 0 Å². The third-order valence-corrected chi connectivity index (χ3v) is 6.33. The Hall–Kier alpha value is -3.47. The van der Waals surface area contributed by atoms with Crippen LogP contribution in [-0.4, -0.2) is 32.6 Å². The fourth-order valence-electron chi connectivity index (χ4n) is 3.70. The van der Waals surface area contributed by atoms with Crippen molar-refractivity contribution in [2.75, 3.05) is 12.0 Å². The van der Waals surface area contributed by atoms with Crippen LogP contribution in [0.5, 0.6) is 5.75 Å². The van der Waals surface area contributed by atoms with Crippen LogP contribution in [0.3, 0.4) is 0 Å². The molecular weight excluding hydrogens is 467 g/mol. The molecule has 0 N–H and O–H groups in total. The molecule has 0 aliphatic heterocycles. The first-order valence-electron chi connectivity index (χ1n) is 10.4. The van der Waals surface area contributed by atoms with Crippen LogP contribution in [0.2, 0.25) is 0 Å². The van der Waals surface area contributed by atoms with Gasteiger partial charge in [-0.1, -0.05) is 6.07 Å². The summed E-state index contributed by atoms with van der Waals surface area (Å²) in [5.41, 5.74) is 2.40. The van der Waals surface area contributed by atoms with Gasteiger partial charge in [0.2, 0.25) is 5.91 Å². The normalized spacial score (nSPS) is 11.7. The van der Waals surface area contributed by atoms with Crippen molar-refractivity contribution in [3.63, 3.8) is 0 Å². The number of rotatable bonds is 7. The maximum Gasteiger partial charge on any atom is 0.453 e. The highest BCUT2D eigenvalue weighted by molar-refractivity contribution is 7.09. The molecule has 0 saturated carbocycles. The first-order chi connectivity index (χ1) is 16.2. The summed E-state index contributed by atoms with van der Waals surface area (Å²) in [4.78, 5) is 23.7. The Morgan fingerprint density at radius 2 is 1.88 bits per heavy atom. The Morgan fingerprint density at radius 1 is 1.15 bits per heavy atom. The summed E-state index contributed by atoms with van der Waals surface area (Å²) in [6, 6.07) is 11.1. The van der Waals surface area contributed by atoms with Gasteiger partial charge in [0.1, 0.15) is 5.75 Å². The largest absolute Gasteiger partial charge is 0.497 e. The van der Waals surface area contributed by atoms with E-state index in [1.165, 1.54) is 0 Å². The second kappa shape index (κ2) is 9.41. The second-order valence-corrected chi connectivity index (χ2v) is 8.70. The zero-order valence-corrected chi connectivity index (χ0v) is 19.6. The smallest absolute Gasteiger partial charge is 0.453 e. The van der Waals surface area contributed by atoms with Crippen molar-refractivity contribution in [1.29, 1.82) is 0 Å². The Bertz CT molecular complexity index is 1300. The zero-order chi connectivity index (χ0) is 24.5. The summed E-state index contributed by atoms with van der Waals surface area (Å²) in [5.74, 6) is -0.789. The Balaban J connectivity index is 1.59. The standard InChI is InChI=1S/C23H22F3N5O2S/c1-14-19(15(2)31-22(27-14)28-21(29-31)23(24,25)26)10-11-20(32)30(13-18-5-4-12-34-18)16-6-8-17(33-3)9-7-16/h4-9,12H,10-11,13H2,1-3H3. The fourth-order valence-corrected chi connectivity index (χ4v) is 4.39. The lowest BCUT2D eigenvalue weighted by molar-refractivity contribution is -0.144. The highest BCUT2D eigenvalue weighted by Gasteiger charge is 2.37. The molecule has 0 saturated heterocycles. The average Bonchev–Trinajstić information content (AvgIpc) is 3.47. The van der Waals surface area contributed by atoms with Crippen LogP contribution in [-0.2, 0) is 23.9 Å². The molecule has 4 aromatic rings. The highest BCUT2D eigenvalue weighted by atomic mass is 32.1. The van der Waals surface area contributed by atoms with E-state index in [9.17, 15) is 18.0 Å². The second-order valence-electron chi connectivity index (χ2n) is 7.66. The van der Waals surface area contributed by atoms with Gasteiger partial charge in [0.25, 0.3) is 11.6 Å². The number of nitrogens with zero attached hydrogens (tertiary/aromatic N) is 5. The number of benzene rings is 1. The molecule has 0 spiro atoms. The lowest BCUT2D eigenvalue weighted by Gasteiger charge is -2.23. The van der Waals surface area contributed by atoms with Gasteiger partial charge in [-0.15, -0.1) is 16.4 Å². The van der Waals surface area contributed by atoms with E-state index in [0.717, 1.165) is 15.1 Å². The first kappa shape index (κ1) is 23.7. The van der Waals surface area contributed by atoms with Crippen LogP contribution < -0.4 is 9.64 Å². The number of amides is 1. The molecule has 0 fully saturated rings. The molecule has 1 amide bonds. The maximum atomic E-state index is 13.3. The van der Waals surface area contributed by atoms with Crippen LogP contribution in [0, 0.1) is 13.8 Å². The van der Waals surface area contributed by atoms with Gasteiger partial charge in [0.15, 0.2) is 0 Å². The lowest BCUT2D eigenvalue weighted by atomic mass is 10.1. The molecule has 4 rings (SSSR count). The van der Waals surface area contributed by atoms with Crippen LogP contribution in [0.1, 0.15) is 34.1 Å². The molecule has 34 heavy (non-hydrogen) atoms. The van der Waals surface area contributed by atoms with Gasteiger partial charge in [0, 0.05) is 28.4 Å². The lowest BCUT2D eigenvalue weighted by Crippen LogP contribution is -2.30. The Morgan fingerprint density at radius 3 is 2.50 bits per heavy atom. The van der Waals surface area contributed by atoms with Crippen molar-refractivity contribution in [3.8, 4) is 5.75 Å².